The lowest BCUT2D eigenvalue weighted by molar-refractivity contribution is 0.548. The highest BCUT2D eigenvalue weighted by Gasteiger charge is 2.32. The van der Waals surface area contributed by atoms with Gasteiger partial charge >= 0.3 is 0 Å². The van der Waals surface area contributed by atoms with E-state index in [9.17, 15) is 0 Å². The maximum Gasteiger partial charge on any atom is 0.0688 e. The Hall–Kier alpha value is -0.830. The summed E-state index contributed by atoms with van der Waals surface area (Å²) in [6.07, 6.45) is 2.33. The number of hydrogen-bond acceptors (Lipinski definition) is 2. The van der Waals surface area contributed by atoms with Gasteiger partial charge in [-0.05, 0) is 25.7 Å². The second kappa shape index (κ2) is 3.63. The van der Waals surface area contributed by atoms with Crippen LogP contribution in [0.25, 0.3) is 0 Å². The molecule has 84 valence electrons. The van der Waals surface area contributed by atoms with E-state index in [0.717, 1.165) is 6.42 Å². The molecule has 1 aliphatic rings. The molecule has 0 radical (unpaired) electrons. The molecule has 2 unspecified atom stereocenters. The Morgan fingerprint density at radius 1 is 1.40 bits per heavy atom. The van der Waals surface area contributed by atoms with E-state index in [0.29, 0.717) is 11.8 Å². The number of aromatic nitrogens is 2. The Kier molecular flexibility index (Phi) is 2.59. The van der Waals surface area contributed by atoms with E-state index in [4.69, 9.17) is 5.73 Å². The fourth-order valence-corrected chi connectivity index (χ4v) is 2.69. The SMILES string of the molecule is CC(C)c1nn(C)c2c1C(C(C)N)CC2. The summed E-state index contributed by atoms with van der Waals surface area (Å²) in [5, 5.41) is 4.63. The van der Waals surface area contributed by atoms with Crippen molar-refractivity contribution < 1.29 is 0 Å². The molecule has 0 fully saturated rings. The lowest BCUT2D eigenvalue weighted by Gasteiger charge is -2.16. The predicted molar refractivity (Wildman–Crippen MR) is 62.0 cm³/mol. The zero-order valence-corrected chi connectivity index (χ0v) is 10.1. The van der Waals surface area contributed by atoms with Crippen LogP contribution in [0, 0.1) is 0 Å². The average Bonchev–Trinajstić information content (AvgIpc) is 2.66. The van der Waals surface area contributed by atoms with Crippen molar-refractivity contribution >= 4 is 0 Å². The first kappa shape index (κ1) is 10.7. The number of nitrogens with two attached hydrogens (primary N) is 1. The number of hydrogen-bond donors (Lipinski definition) is 1. The molecule has 0 saturated carbocycles. The van der Waals surface area contributed by atoms with Crippen LogP contribution in [0.3, 0.4) is 0 Å². The van der Waals surface area contributed by atoms with Crippen molar-refractivity contribution in [3.05, 3.63) is 17.0 Å². The van der Waals surface area contributed by atoms with Crippen LogP contribution in [0.2, 0.25) is 0 Å². The summed E-state index contributed by atoms with van der Waals surface area (Å²) in [7, 11) is 2.05. The molecule has 3 heteroatoms. The second-order valence-electron chi connectivity index (χ2n) is 5.03. The summed E-state index contributed by atoms with van der Waals surface area (Å²) < 4.78 is 2.05. The molecular weight excluding hydrogens is 186 g/mol. The standard InChI is InChI=1S/C12H21N3/c1-7(2)12-11-9(8(3)13)5-6-10(11)15(4)14-12/h7-9H,5-6,13H2,1-4H3. The Morgan fingerprint density at radius 3 is 2.60 bits per heavy atom. The molecule has 15 heavy (non-hydrogen) atoms. The minimum atomic E-state index is 0.243. The normalized spacial score (nSPS) is 22.1. The van der Waals surface area contributed by atoms with Crippen molar-refractivity contribution in [3.8, 4) is 0 Å². The van der Waals surface area contributed by atoms with Gasteiger partial charge < -0.3 is 5.73 Å². The van der Waals surface area contributed by atoms with Gasteiger partial charge in [-0.15, -0.1) is 0 Å². The largest absolute Gasteiger partial charge is 0.327 e. The van der Waals surface area contributed by atoms with Gasteiger partial charge in [0.2, 0.25) is 0 Å². The van der Waals surface area contributed by atoms with Crippen LogP contribution in [0.4, 0.5) is 0 Å². The highest BCUT2D eigenvalue weighted by Crippen LogP contribution is 2.39. The van der Waals surface area contributed by atoms with Crippen LogP contribution >= 0.6 is 0 Å². The number of nitrogens with zero attached hydrogens (tertiary/aromatic N) is 2. The monoisotopic (exact) mass is 207 g/mol. The van der Waals surface area contributed by atoms with E-state index in [2.05, 4.69) is 25.9 Å². The zero-order chi connectivity index (χ0) is 11.2. The molecule has 2 rings (SSSR count). The third kappa shape index (κ3) is 1.59. The van der Waals surface area contributed by atoms with Gasteiger partial charge in [0.05, 0.1) is 5.69 Å². The first-order chi connectivity index (χ1) is 7.02. The van der Waals surface area contributed by atoms with Crippen molar-refractivity contribution in [2.75, 3.05) is 0 Å². The van der Waals surface area contributed by atoms with Crippen LogP contribution in [0.5, 0.6) is 0 Å². The van der Waals surface area contributed by atoms with Gasteiger partial charge in [0.25, 0.3) is 0 Å². The Bertz CT molecular complexity index is 363. The van der Waals surface area contributed by atoms with Crippen LogP contribution < -0.4 is 5.73 Å². The molecule has 0 saturated heterocycles. The lowest BCUT2D eigenvalue weighted by Crippen LogP contribution is -2.23. The van der Waals surface area contributed by atoms with E-state index in [1.807, 2.05) is 11.7 Å². The molecule has 1 aliphatic carbocycles. The maximum absolute atomic E-state index is 6.05. The molecule has 0 amide bonds. The Labute approximate surface area is 91.7 Å². The summed E-state index contributed by atoms with van der Waals surface area (Å²) in [5.74, 6) is 1.02. The molecule has 1 aromatic heterocycles. The van der Waals surface area contributed by atoms with Gasteiger partial charge in [-0.2, -0.15) is 5.10 Å². The molecule has 0 aliphatic heterocycles. The molecule has 0 bridgehead atoms. The summed E-state index contributed by atoms with van der Waals surface area (Å²) in [6.45, 7) is 6.52. The highest BCUT2D eigenvalue weighted by molar-refractivity contribution is 5.37. The fraction of sp³-hybridized carbons (Fsp3) is 0.750. The van der Waals surface area contributed by atoms with Crippen molar-refractivity contribution in [1.82, 2.24) is 9.78 Å². The van der Waals surface area contributed by atoms with Gasteiger partial charge in [0, 0.05) is 30.3 Å². The van der Waals surface area contributed by atoms with E-state index in [-0.39, 0.29) is 6.04 Å². The minimum absolute atomic E-state index is 0.243. The van der Waals surface area contributed by atoms with E-state index in [1.54, 1.807) is 0 Å². The molecule has 2 N–H and O–H groups in total. The quantitative estimate of drug-likeness (QED) is 0.805. The van der Waals surface area contributed by atoms with Crippen molar-refractivity contribution in [2.45, 2.75) is 51.5 Å². The van der Waals surface area contributed by atoms with Gasteiger partial charge in [-0.1, -0.05) is 13.8 Å². The Morgan fingerprint density at radius 2 is 2.07 bits per heavy atom. The van der Waals surface area contributed by atoms with Gasteiger partial charge in [0.1, 0.15) is 0 Å². The summed E-state index contributed by atoms with van der Waals surface area (Å²) in [5.41, 5.74) is 10.2. The number of aryl methyl sites for hydroxylation is 1. The Balaban J connectivity index is 2.49. The third-order valence-corrected chi connectivity index (χ3v) is 3.48. The van der Waals surface area contributed by atoms with Crippen LogP contribution in [0.15, 0.2) is 0 Å². The summed E-state index contributed by atoms with van der Waals surface area (Å²) >= 11 is 0. The molecule has 0 aromatic carbocycles. The second-order valence-corrected chi connectivity index (χ2v) is 5.03. The zero-order valence-electron chi connectivity index (χ0n) is 10.1. The van der Waals surface area contributed by atoms with Crippen LogP contribution in [-0.4, -0.2) is 15.8 Å². The minimum Gasteiger partial charge on any atom is -0.327 e. The topological polar surface area (TPSA) is 43.8 Å². The first-order valence-corrected chi connectivity index (χ1v) is 5.83. The first-order valence-electron chi connectivity index (χ1n) is 5.83. The summed E-state index contributed by atoms with van der Waals surface area (Å²) in [6, 6.07) is 0.243. The van der Waals surface area contributed by atoms with Crippen LogP contribution in [0.1, 0.15) is 56.0 Å². The van der Waals surface area contributed by atoms with E-state index in [1.165, 1.54) is 23.4 Å². The van der Waals surface area contributed by atoms with Gasteiger partial charge in [-0.3, -0.25) is 4.68 Å². The molecule has 0 spiro atoms. The van der Waals surface area contributed by atoms with Crippen LogP contribution in [-0.2, 0) is 13.5 Å². The lowest BCUT2D eigenvalue weighted by atomic mass is 9.92. The van der Waals surface area contributed by atoms with E-state index >= 15 is 0 Å². The smallest absolute Gasteiger partial charge is 0.0688 e. The third-order valence-electron chi connectivity index (χ3n) is 3.48. The highest BCUT2D eigenvalue weighted by atomic mass is 15.3. The van der Waals surface area contributed by atoms with E-state index < -0.39 is 0 Å². The molecule has 3 nitrogen and oxygen atoms in total. The number of rotatable bonds is 2. The van der Waals surface area contributed by atoms with Gasteiger partial charge in [-0.25, -0.2) is 0 Å². The molecule has 1 heterocycles. The maximum atomic E-state index is 6.05. The molecular formula is C12H21N3. The predicted octanol–water partition coefficient (Wildman–Crippen LogP) is 1.92. The number of fused-ring (bicyclic) bond motifs is 1. The molecule has 2 atom stereocenters. The van der Waals surface area contributed by atoms with Crippen molar-refractivity contribution in [3.63, 3.8) is 0 Å². The summed E-state index contributed by atoms with van der Waals surface area (Å²) in [4.78, 5) is 0. The fourth-order valence-electron chi connectivity index (χ4n) is 2.69. The van der Waals surface area contributed by atoms with Crippen molar-refractivity contribution in [1.29, 1.82) is 0 Å². The average molecular weight is 207 g/mol. The van der Waals surface area contributed by atoms with Crippen molar-refractivity contribution in [2.24, 2.45) is 12.8 Å². The van der Waals surface area contributed by atoms with Gasteiger partial charge in [0.15, 0.2) is 0 Å². The molecule has 1 aromatic rings.